The van der Waals surface area contributed by atoms with Gasteiger partial charge < -0.3 is 15.5 Å². The quantitative estimate of drug-likeness (QED) is 0.712. The lowest BCUT2D eigenvalue weighted by molar-refractivity contribution is 0.264. The highest BCUT2D eigenvalue weighted by atomic mass is 15.1. The molecule has 0 aliphatic carbocycles. The second-order valence-electron chi connectivity index (χ2n) is 5.81. The molecule has 0 radical (unpaired) electrons. The molecular formula is C14H31N3. The molecule has 0 amide bonds. The summed E-state index contributed by atoms with van der Waals surface area (Å²) in [5.74, 6) is 0. The summed E-state index contributed by atoms with van der Waals surface area (Å²) in [6, 6.07) is 2.02. The van der Waals surface area contributed by atoms with Crippen molar-refractivity contribution in [2.45, 2.75) is 64.6 Å². The minimum Gasteiger partial charge on any atom is -0.314 e. The molecule has 1 aliphatic rings. The SMILES string of the molecule is CC(CC1CCCCN1)NCCN(C)C(C)C. The van der Waals surface area contributed by atoms with Crippen LogP contribution in [0.2, 0.25) is 0 Å². The van der Waals surface area contributed by atoms with E-state index in [0.29, 0.717) is 12.1 Å². The van der Waals surface area contributed by atoms with E-state index in [0.717, 1.165) is 19.1 Å². The van der Waals surface area contributed by atoms with Crippen molar-refractivity contribution in [1.29, 1.82) is 0 Å². The van der Waals surface area contributed by atoms with Crippen LogP contribution in [0.25, 0.3) is 0 Å². The van der Waals surface area contributed by atoms with Crippen LogP contribution in [0.3, 0.4) is 0 Å². The summed E-state index contributed by atoms with van der Waals surface area (Å²) < 4.78 is 0. The maximum absolute atomic E-state index is 3.63. The van der Waals surface area contributed by atoms with Gasteiger partial charge in [0.15, 0.2) is 0 Å². The van der Waals surface area contributed by atoms with Gasteiger partial charge >= 0.3 is 0 Å². The molecule has 0 aromatic rings. The van der Waals surface area contributed by atoms with E-state index in [1.165, 1.54) is 32.2 Å². The predicted octanol–water partition coefficient (Wildman–Crippen LogP) is 1.84. The predicted molar refractivity (Wildman–Crippen MR) is 75.5 cm³/mol. The van der Waals surface area contributed by atoms with Crippen molar-refractivity contribution in [2.75, 3.05) is 26.7 Å². The summed E-state index contributed by atoms with van der Waals surface area (Å²) in [5, 5.41) is 7.25. The Hall–Kier alpha value is -0.120. The average Bonchev–Trinajstić information content (AvgIpc) is 2.30. The van der Waals surface area contributed by atoms with E-state index in [2.05, 4.69) is 43.4 Å². The first kappa shape index (κ1) is 14.9. The Morgan fingerprint density at radius 1 is 1.29 bits per heavy atom. The van der Waals surface area contributed by atoms with Crippen molar-refractivity contribution in [3.8, 4) is 0 Å². The number of nitrogens with zero attached hydrogens (tertiary/aromatic N) is 1. The first-order chi connectivity index (χ1) is 8.09. The normalized spacial score (nSPS) is 23.3. The summed E-state index contributed by atoms with van der Waals surface area (Å²) in [7, 11) is 2.19. The summed E-state index contributed by atoms with van der Waals surface area (Å²) >= 11 is 0. The molecule has 1 saturated heterocycles. The van der Waals surface area contributed by atoms with E-state index >= 15 is 0 Å². The van der Waals surface area contributed by atoms with Crippen molar-refractivity contribution in [3.05, 3.63) is 0 Å². The molecule has 1 rings (SSSR count). The molecule has 1 aliphatic heterocycles. The van der Waals surface area contributed by atoms with Gasteiger partial charge in [-0.05, 0) is 53.6 Å². The highest BCUT2D eigenvalue weighted by Crippen LogP contribution is 2.11. The lowest BCUT2D eigenvalue weighted by atomic mass is 9.99. The Labute approximate surface area is 107 Å². The molecule has 0 aromatic carbocycles. The monoisotopic (exact) mass is 241 g/mol. The average molecular weight is 241 g/mol. The van der Waals surface area contributed by atoms with Gasteiger partial charge in [-0.25, -0.2) is 0 Å². The molecule has 3 nitrogen and oxygen atoms in total. The third kappa shape index (κ3) is 6.39. The third-order valence-corrected chi connectivity index (χ3v) is 3.89. The lowest BCUT2D eigenvalue weighted by Gasteiger charge is -2.27. The Kier molecular flexibility index (Phi) is 7.09. The van der Waals surface area contributed by atoms with Crippen LogP contribution in [0.15, 0.2) is 0 Å². The van der Waals surface area contributed by atoms with Crippen LogP contribution < -0.4 is 10.6 Å². The topological polar surface area (TPSA) is 27.3 Å². The van der Waals surface area contributed by atoms with E-state index in [-0.39, 0.29) is 0 Å². The number of hydrogen-bond donors (Lipinski definition) is 2. The van der Waals surface area contributed by atoms with Gasteiger partial charge in [0, 0.05) is 31.2 Å². The first-order valence-electron chi connectivity index (χ1n) is 7.26. The Morgan fingerprint density at radius 2 is 2.06 bits per heavy atom. The summed E-state index contributed by atoms with van der Waals surface area (Å²) in [6.45, 7) is 10.3. The second-order valence-corrected chi connectivity index (χ2v) is 5.81. The molecule has 0 bridgehead atoms. The van der Waals surface area contributed by atoms with Crippen molar-refractivity contribution >= 4 is 0 Å². The third-order valence-electron chi connectivity index (χ3n) is 3.89. The van der Waals surface area contributed by atoms with E-state index in [1.54, 1.807) is 0 Å². The van der Waals surface area contributed by atoms with Crippen LogP contribution in [-0.4, -0.2) is 49.7 Å². The van der Waals surface area contributed by atoms with Gasteiger partial charge in [-0.3, -0.25) is 0 Å². The van der Waals surface area contributed by atoms with Crippen LogP contribution in [0, 0.1) is 0 Å². The first-order valence-corrected chi connectivity index (χ1v) is 7.26. The zero-order valence-electron chi connectivity index (χ0n) is 12.1. The van der Waals surface area contributed by atoms with E-state index in [1.807, 2.05) is 0 Å². The zero-order valence-corrected chi connectivity index (χ0v) is 12.1. The minimum atomic E-state index is 0.631. The number of nitrogens with one attached hydrogen (secondary N) is 2. The van der Waals surface area contributed by atoms with Crippen LogP contribution in [-0.2, 0) is 0 Å². The van der Waals surface area contributed by atoms with Crippen LogP contribution in [0.4, 0.5) is 0 Å². The molecule has 2 N–H and O–H groups in total. The van der Waals surface area contributed by atoms with E-state index < -0.39 is 0 Å². The van der Waals surface area contributed by atoms with Gasteiger partial charge in [0.25, 0.3) is 0 Å². The number of likely N-dealkylation sites (N-methyl/N-ethyl adjacent to an activating group) is 1. The maximum Gasteiger partial charge on any atom is 0.0107 e. The van der Waals surface area contributed by atoms with Gasteiger partial charge in [0.1, 0.15) is 0 Å². The number of rotatable bonds is 7. The molecule has 17 heavy (non-hydrogen) atoms. The van der Waals surface area contributed by atoms with Gasteiger partial charge in [0.2, 0.25) is 0 Å². The van der Waals surface area contributed by atoms with Gasteiger partial charge in [-0.2, -0.15) is 0 Å². The minimum absolute atomic E-state index is 0.631. The molecule has 2 unspecified atom stereocenters. The summed E-state index contributed by atoms with van der Waals surface area (Å²) in [5.41, 5.74) is 0. The summed E-state index contributed by atoms with van der Waals surface area (Å²) in [4.78, 5) is 2.39. The standard InChI is InChI=1S/C14H31N3/c1-12(2)17(4)10-9-15-13(3)11-14-7-5-6-8-16-14/h12-16H,5-11H2,1-4H3. The molecule has 3 heteroatoms. The fraction of sp³-hybridized carbons (Fsp3) is 1.00. The van der Waals surface area contributed by atoms with Crippen LogP contribution in [0.1, 0.15) is 46.5 Å². The molecule has 0 aromatic heterocycles. The smallest absolute Gasteiger partial charge is 0.0107 e. The van der Waals surface area contributed by atoms with Crippen molar-refractivity contribution < 1.29 is 0 Å². The highest BCUT2D eigenvalue weighted by Gasteiger charge is 2.15. The summed E-state index contributed by atoms with van der Waals surface area (Å²) in [6.07, 6.45) is 5.39. The molecule has 2 atom stereocenters. The fourth-order valence-corrected chi connectivity index (χ4v) is 2.38. The molecule has 1 fully saturated rings. The van der Waals surface area contributed by atoms with Crippen molar-refractivity contribution in [2.24, 2.45) is 0 Å². The number of piperidine rings is 1. The Bertz CT molecular complexity index is 188. The second kappa shape index (κ2) is 8.06. The van der Waals surface area contributed by atoms with Crippen LogP contribution >= 0.6 is 0 Å². The number of hydrogen-bond acceptors (Lipinski definition) is 3. The Morgan fingerprint density at radius 3 is 2.65 bits per heavy atom. The van der Waals surface area contributed by atoms with Crippen molar-refractivity contribution in [3.63, 3.8) is 0 Å². The molecular weight excluding hydrogens is 210 g/mol. The largest absolute Gasteiger partial charge is 0.314 e. The fourth-order valence-electron chi connectivity index (χ4n) is 2.38. The van der Waals surface area contributed by atoms with E-state index in [4.69, 9.17) is 0 Å². The molecule has 0 saturated carbocycles. The molecule has 0 spiro atoms. The Balaban J connectivity index is 2.06. The molecule has 1 heterocycles. The lowest BCUT2D eigenvalue weighted by Crippen LogP contribution is -2.42. The zero-order chi connectivity index (χ0) is 12.7. The van der Waals surface area contributed by atoms with Gasteiger partial charge in [0.05, 0.1) is 0 Å². The van der Waals surface area contributed by atoms with Gasteiger partial charge in [-0.15, -0.1) is 0 Å². The molecule has 102 valence electrons. The van der Waals surface area contributed by atoms with E-state index in [9.17, 15) is 0 Å². The highest BCUT2D eigenvalue weighted by molar-refractivity contribution is 4.77. The van der Waals surface area contributed by atoms with Gasteiger partial charge in [-0.1, -0.05) is 6.42 Å². The van der Waals surface area contributed by atoms with Crippen LogP contribution in [0.5, 0.6) is 0 Å². The maximum atomic E-state index is 3.63. The van der Waals surface area contributed by atoms with Crippen molar-refractivity contribution in [1.82, 2.24) is 15.5 Å².